The summed E-state index contributed by atoms with van der Waals surface area (Å²) in [4.78, 5) is 12.2. The molecule has 1 amide bonds. The molecule has 144 valence electrons. The van der Waals surface area contributed by atoms with E-state index in [1.54, 1.807) is 0 Å². The summed E-state index contributed by atoms with van der Waals surface area (Å²) in [6.07, 6.45) is 0. The summed E-state index contributed by atoms with van der Waals surface area (Å²) >= 11 is 8.78. The van der Waals surface area contributed by atoms with Crippen molar-refractivity contribution in [3.8, 4) is 5.75 Å². The Hall–Kier alpha value is -1.92. The molecule has 27 heavy (non-hydrogen) atoms. The van der Waals surface area contributed by atoms with Crippen LogP contribution in [0.25, 0.3) is 0 Å². The maximum absolute atomic E-state index is 12.2. The predicted octanol–water partition coefficient (Wildman–Crippen LogP) is 5.39. The fraction of sp³-hybridized carbons (Fsp3) is 0.333. The maximum Gasteiger partial charge on any atom is 0.264 e. The molecule has 4 nitrogen and oxygen atoms in total. The summed E-state index contributed by atoms with van der Waals surface area (Å²) < 4.78 is 6.80. The van der Waals surface area contributed by atoms with Gasteiger partial charge in [0.1, 0.15) is 5.75 Å². The quantitative estimate of drug-likeness (QED) is 0.601. The van der Waals surface area contributed by atoms with Crippen molar-refractivity contribution in [3.63, 3.8) is 0 Å². The Morgan fingerprint density at radius 1 is 1.15 bits per heavy atom. The summed E-state index contributed by atoms with van der Waals surface area (Å²) in [7, 11) is 0. The van der Waals surface area contributed by atoms with Crippen molar-refractivity contribution in [3.05, 3.63) is 57.1 Å². The van der Waals surface area contributed by atoms with Crippen molar-refractivity contribution < 1.29 is 9.53 Å². The lowest BCUT2D eigenvalue weighted by molar-refractivity contribution is -0.121. The van der Waals surface area contributed by atoms with Crippen LogP contribution in [0.15, 0.2) is 34.8 Å². The fourth-order valence-electron chi connectivity index (χ4n) is 2.66. The van der Waals surface area contributed by atoms with Crippen LogP contribution in [0.2, 0.25) is 0 Å². The highest BCUT2D eigenvalue weighted by molar-refractivity contribution is 9.10. The van der Waals surface area contributed by atoms with Crippen molar-refractivity contribution in [2.45, 2.75) is 40.5 Å². The number of hydrogen-bond donors (Lipinski definition) is 2. The number of hydrogen-bond acceptors (Lipinski definition) is 3. The molecular formula is C21H25BrN2O2S. The van der Waals surface area contributed by atoms with Gasteiger partial charge in [0, 0.05) is 10.2 Å². The summed E-state index contributed by atoms with van der Waals surface area (Å²) in [5, 5.41) is 5.97. The molecule has 0 radical (unpaired) electrons. The lowest BCUT2D eigenvalue weighted by atomic mass is 10.0. The maximum atomic E-state index is 12.2. The van der Waals surface area contributed by atoms with Gasteiger partial charge < -0.3 is 10.1 Å². The van der Waals surface area contributed by atoms with Gasteiger partial charge in [-0.1, -0.05) is 47.5 Å². The average Bonchev–Trinajstić information content (AvgIpc) is 2.57. The SMILES string of the molecule is Cc1ccc(NC(=S)NC(=O)COc2cc(C)c(Br)cc2C(C)C)c(C)c1. The van der Waals surface area contributed by atoms with E-state index in [1.807, 2.05) is 45.0 Å². The zero-order chi connectivity index (χ0) is 20.1. The monoisotopic (exact) mass is 448 g/mol. The highest BCUT2D eigenvalue weighted by Gasteiger charge is 2.13. The minimum Gasteiger partial charge on any atom is -0.483 e. The van der Waals surface area contributed by atoms with E-state index in [-0.39, 0.29) is 23.5 Å². The molecule has 2 aromatic carbocycles. The van der Waals surface area contributed by atoms with E-state index in [0.29, 0.717) is 5.75 Å². The lowest BCUT2D eigenvalue weighted by Gasteiger charge is -2.16. The number of halogens is 1. The molecular weight excluding hydrogens is 424 g/mol. The van der Waals surface area contributed by atoms with Crippen LogP contribution in [-0.4, -0.2) is 17.6 Å². The van der Waals surface area contributed by atoms with Gasteiger partial charge in [-0.3, -0.25) is 10.1 Å². The third-order valence-corrected chi connectivity index (χ3v) is 5.21. The number of anilines is 1. The van der Waals surface area contributed by atoms with Crippen molar-refractivity contribution in [1.82, 2.24) is 5.32 Å². The van der Waals surface area contributed by atoms with Crippen LogP contribution in [0, 0.1) is 20.8 Å². The van der Waals surface area contributed by atoms with Gasteiger partial charge in [0.25, 0.3) is 5.91 Å². The standard InChI is InChI=1S/C21H25BrN2O2S/c1-12(2)16-10-17(22)14(4)9-19(16)26-11-20(25)24-21(27)23-18-7-6-13(3)8-15(18)5/h6-10,12H,11H2,1-5H3,(H2,23,24,25,27). The van der Waals surface area contributed by atoms with Crippen LogP contribution >= 0.6 is 28.1 Å². The molecule has 0 aliphatic carbocycles. The van der Waals surface area contributed by atoms with Crippen LogP contribution in [0.4, 0.5) is 5.69 Å². The van der Waals surface area contributed by atoms with Gasteiger partial charge in [-0.2, -0.15) is 0 Å². The lowest BCUT2D eigenvalue weighted by Crippen LogP contribution is -2.37. The number of rotatable bonds is 5. The molecule has 2 aromatic rings. The second-order valence-corrected chi connectivity index (χ2v) is 8.17. The van der Waals surface area contributed by atoms with Gasteiger partial charge in [0.05, 0.1) is 0 Å². The summed E-state index contributed by atoms with van der Waals surface area (Å²) in [6.45, 7) is 10.1. The van der Waals surface area contributed by atoms with Crippen molar-refractivity contribution in [2.24, 2.45) is 0 Å². The Morgan fingerprint density at radius 3 is 2.48 bits per heavy atom. The minimum absolute atomic E-state index is 0.102. The van der Waals surface area contributed by atoms with E-state index in [1.165, 1.54) is 5.56 Å². The fourth-order valence-corrected chi connectivity index (χ4v) is 3.24. The molecule has 0 unspecified atom stereocenters. The second kappa shape index (κ2) is 9.33. The molecule has 6 heteroatoms. The topological polar surface area (TPSA) is 50.4 Å². The molecule has 0 saturated carbocycles. The van der Waals surface area contributed by atoms with Crippen molar-refractivity contribution >= 4 is 44.9 Å². The van der Waals surface area contributed by atoms with Crippen LogP contribution in [0.1, 0.15) is 42.0 Å². The Morgan fingerprint density at radius 2 is 1.85 bits per heavy atom. The van der Waals surface area contributed by atoms with E-state index < -0.39 is 0 Å². The Balaban J connectivity index is 1.96. The van der Waals surface area contributed by atoms with E-state index in [9.17, 15) is 4.79 Å². The van der Waals surface area contributed by atoms with Gasteiger partial charge in [-0.15, -0.1) is 0 Å². The molecule has 2 N–H and O–H groups in total. The average molecular weight is 449 g/mol. The molecule has 0 atom stereocenters. The number of amides is 1. The Kier molecular flexibility index (Phi) is 7.39. The minimum atomic E-state index is -0.299. The number of carbonyl (C=O) groups excluding carboxylic acids is 1. The number of nitrogens with one attached hydrogen (secondary N) is 2. The largest absolute Gasteiger partial charge is 0.483 e. The molecule has 0 aromatic heterocycles. The molecule has 2 rings (SSSR count). The van der Waals surface area contributed by atoms with Crippen LogP contribution in [0.5, 0.6) is 5.75 Å². The second-order valence-electron chi connectivity index (χ2n) is 6.90. The Bertz CT molecular complexity index is 866. The first-order chi connectivity index (χ1) is 12.7. The number of benzene rings is 2. The van der Waals surface area contributed by atoms with Crippen LogP contribution < -0.4 is 15.4 Å². The summed E-state index contributed by atoms with van der Waals surface area (Å²) in [5.41, 5.74) is 5.22. The summed E-state index contributed by atoms with van der Waals surface area (Å²) in [5.74, 6) is 0.703. The molecule has 0 aliphatic rings. The van der Waals surface area contributed by atoms with E-state index >= 15 is 0 Å². The van der Waals surface area contributed by atoms with Gasteiger partial charge in [0.2, 0.25) is 0 Å². The first-order valence-electron chi connectivity index (χ1n) is 8.78. The Labute approximate surface area is 174 Å². The van der Waals surface area contributed by atoms with Crippen molar-refractivity contribution in [1.29, 1.82) is 0 Å². The molecule has 0 aliphatic heterocycles. The van der Waals surface area contributed by atoms with Gasteiger partial charge >= 0.3 is 0 Å². The molecule has 0 bridgehead atoms. The molecule has 0 saturated heterocycles. The zero-order valence-corrected chi connectivity index (χ0v) is 18.7. The number of carbonyl (C=O) groups is 1. The smallest absolute Gasteiger partial charge is 0.264 e. The third kappa shape index (κ3) is 6.04. The van der Waals surface area contributed by atoms with E-state index in [4.69, 9.17) is 17.0 Å². The number of thiocarbonyl (C=S) groups is 1. The number of ether oxygens (including phenoxy) is 1. The molecule has 0 fully saturated rings. The van der Waals surface area contributed by atoms with Crippen LogP contribution in [0.3, 0.4) is 0 Å². The highest BCUT2D eigenvalue weighted by atomic mass is 79.9. The van der Waals surface area contributed by atoms with Crippen LogP contribution in [-0.2, 0) is 4.79 Å². The number of aryl methyl sites for hydroxylation is 3. The third-order valence-electron chi connectivity index (χ3n) is 4.15. The normalized spacial score (nSPS) is 10.6. The van der Waals surface area contributed by atoms with E-state index in [0.717, 1.165) is 26.9 Å². The first kappa shape index (κ1) is 21.4. The molecule has 0 heterocycles. The van der Waals surface area contributed by atoms with Crippen molar-refractivity contribution in [2.75, 3.05) is 11.9 Å². The highest BCUT2D eigenvalue weighted by Crippen LogP contribution is 2.32. The van der Waals surface area contributed by atoms with E-state index in [2.05, 4.69) is 46.5 Å². The first-order valence-corrected chi connectivity index (χ1v) is 9.98. The predicted molar refractivity (Wildman–Crippen MR) is 119 cm³/mol. The van der Waals surface area contributed by atoms with Gasteiger partial charge in [-0.25, -0.2) is 0 Å². The van der Waals surface area contributed by atoms with Gasteiger partial charge in [-0.05, 0) is 73.8 Å². The zero-order valence-electron chi connectivity index (χ0n) is 16.3. The summed E-state index contributed by atoms with van der Waals surface area (Å²) in [6, 6.07) is 9.98. The van der Waals surface area contributed by atoms with Gasteiger partial charge in [0.15, 0.2) is 11.7 Å². The molecule has 0 spiro atoms.